The van der Waals surface area contributed by atoms with E-state index < -0.39 is 73.9 Å². The van der Waals surface area contributed by atoms with Crippen molar-refractivity contribution in [3.63, 3.8) is 0 Å². The summed E-state index contributed by atoms with van der Waals surface area (Å²) >= 11 is 5.29. The maximum atomic E-state index is 11.2. The Bertz CT molecular complexity index is 2290. The molecule has 26 heteroatoms. The predicted octanol–water partition coefficient (Wildman–Crippen LogP) is -2.49. The molecule has 7 N–H and O–H groups in total. The first-order valence-electron chi connectivity index (χ1n) is 18.2. The molecule has 5 aromatic rings. The third kappa shape index (κ3) is 9.50. The van der Waals surface area contributed by atoms with Crippen molar-refractivity contribution in [1.29, 1.82) is 0 Å². The molecule has 2 fully saturated rings. The van der Waals surface area contributed by atoms with Gasteiger partial charge in [-0.05, 0) is 23.8 Å². The second-order valence-electron chi connectivity index (χ2n) is 13.7. The summed E-state index contributed by atoms with van der Waals surface area (Å²) in [5.74, 6) is 0.541. The average molecular weight is 871 g/mol. The van der Waals surface area contributed by atoms with Gasteiger partial charge in [-0.25, -0.2) is 19.9 Å². The number of fused-ring (bicyclic) bond motifs is 2. The first-order chi connectivity index (χ1) is 27.8. The van der Waals surface area contributed by atoms with Gasteiger partial charge in [0.1, 0.15) is 48.5 Å². The maximum Gasteiger partial charge on any atom is 1.00 e. The standard InChI is InChI=1S/C33H42N11O12PS.Na/c1-3-4-10-41(2)33-39-29-22(30(40-33)52-11-9-17-5-7-18(8-6-17)44(49)50)38-16-43(29)31-25(48)23(46)20(55-31)13-53-57(51,58)56-26-24(47)19(12-45)54-32(26)42-15-37-21-27(34)35-14-36-28(21)42;/h5-8,14-16,19-20,23-26,31-32,45-48H,3-4,9-13H2,1-2H3,(H,51,58)(H2,34,35,36);/q;+1/t19-,20-,23-,24-,25-,26-,31-,32-,57?;/m1./s1. The Hall–Kier alpha value is -3.59. The van der Waals surface area contributed by atoms with Crippen LogP contribution in [0.3, 0.4) is 0 Å². The molecule has 0 aliphatic carbocycles. The van der Waals surface area contributed by atoms with Gasteiger partial charge in [-0.2, -0.15) is 9.97 Å². The van der Waals surface area contributed by atoms with Crippen LogP contribution < -0.4 is 44.9 Å². The molecule has 1 unspecified atom stereocenters. The van der Waals surface area contributed by atoms with E-state index in [2.05, 4.69) is 31.8 Å². The van der Waals surface area contributed by atoms with Gasteiger partial charge in [0.15, 0.2) is 35.1 Å². The maximum absolute atomic E-state index is 11.2. The Morgan fingerprint density at radius 3 is 2.37 bits per heavy atom. The average Bonchev–Trinajstić information content (AvgIpc) is 3.97. The van der Waals surface area contributed by atoms with E-state index >= 15 is 0 Å². The summed E-state index contributed by atoms with van der Waals surface area (Å²) < 4.78 is 32.1. The van der Waals surface area contributed by atoms with Crippen LogP contribution in [0.2, 0.25) is 0 Å². The normalized spacial score (nSPS) is 25.3. The molecule has 2 saturated heterocycles. The number of nitro groups is 1. The van der Waals surface area contributed by atoms with E-state index in [1.165, 1.54) is 40.2 Å². The molecule has 59 heavy (non-hydrogen) atoms. The van der Waals surface area contributed by atoms with Gasteiger partial charge in [0, 0.05) is 32.1 Å². The number of non-ortho nitro benzene ring substituents is 1. The van der Waals surface area contributed by atoms with Crippen molar-refractivity contribution in [3.05, 3.63) is 58.9 Å². The number of anilines is 2. The predicted molar refractivity (Wildman–Crippen MR) is 206 cm³/mol. The Kier molecular flexibility index (Phi) is 14.5. The van der Waals surface area contributed by atoms with Gasteiger partial charge < -0.3 is 54.7 Å². The van der Waals surface area contributed by atoms with E-state index in [-0.39, 0.29) is 75.9 Å². The first kappa shape index (κ1) is 44.9. The van der Waals surface area contributed by atoms with Crippen LogP contribution in [0.4, 0.5) is 17.5 Å². The molecule has 7 rings (SSSR count). The molecule has 0 bridgehead atoms. The van der Waals surface area contributed by atoms with Crippen LogP contribution in [0.1, 0.15) is 37.8 Å². The van der Waals surface area contributed by atoms with Crippen LogP contribution in [-0.4, -0.2) is 139 Å². The molecule has 9 atom stereocenters. The second kappa shape index (κ2) is 19.0. The van der Waals surface area contributed by atoms with Crippen LogP contribution >= 0.6 is 6.72 Å². The Labute approximate surface area is 362 Å². The minimum atomic E-state index is -4.26. The number of nitrogen functional groups attached to an aromatic ring is 1. The molecule has 2 aliphatic rings. The molecular weight excluding hydrogens is 828 g/mol. The fraction of sp³-hybridized carbons (Fsp3) is 0.515. The van der Waals surface area contributed by atoms with Gasteiger partial charge in [0.2, 0.25) is 11.8 Å². The Morgan fingerprint density at radius 1 is 0.983 bits per heavy atom. The summed E-state index contributed by atoms with van der Waals surface area (Å²) in [6, 6.07) is 6.12. The summed E-state index contributed by atoms with van der Waals surface area (Å²) in [7, 11) is 1.82. The number of aromatic nitrogens is 8. The summed E-state index contributed by atoms with van der Waals surface area (Å²) in [6.07, 6.45) is -4.69. The topological polar surface area (TPSA) is 307 Å². The van der Waals surface area contributed by atoms with E-state index in [0.29, 0.717) is 18.9 Å². The van der Waals surface area contributed by atoms with E-state index in [1.54, 1.807) is 12.1 Å². The molecule has 312 valence electrons. The number of aliphatic hydroxyl groups is 4. The molecule has 4 aromatic heterocycles. The van der Waals surface area contributed by atoms with Gasteiger partial charge in [-0.1, -0.05) is 25.5 Å². The molecule has 0 amide bonds. The summed E-state index contributed by atoms with van der Waals surface area (Å²) in [4.78, 5) is 49.6. The third-order valence-corrected chi connectivity index (χ3v) is 11.3. The molecular formula is C33H42N11NaO12PS+. The van der Waals surface area contributed by atoms with E-state index in [9.17, 15) is 35.4 Å². The fourth-order valence-electron chi connectivity index (χ4n) is 6.59. The number of imidazole rings is 2. The number of nitrogens with two attached hydrogens (primary N) is 1. The molecule has 0 radical (unpaired) electrons. The summed E-state index contributed by atoms with van der Waals surface area (Å²) in [6.45, 7) is -2.58. The van der Waals surface area contributed by atoms with Crippen LogP contribution in [0, 0.1) is 10.1 Å². The van der Waals surface area contributed by atoms with Crippen molar-refractivity contribution >= 4 is 58.3 Å². The van der Waals surface area contributed by atoms with Gasteiger partial charge in [-0.3, -0.25) is 23.8 Å². The number of rotatable bonds is 17. The van der Waals surface area contributed by atoms with Crippen molar-refractivity contribution in [1.82, 2.24) is 39.0 Å². The minimum absolute atomic E-state index is 0. The zero-order valence-electron chi connectivity index (χ0n) is 32.1. The molecule has 23 nitrogen and oxygen atoms in total. The van der Waals surface area contributed by atoms with E-state index in [0.717, 1.165) is 18.4 Å². The zero-order valence-corrected chi connectivity index (χ0v) is 35.8. The van der Waals surface area contributed by atoms with Gasteiger partial charge in [0.25, 0.3) is 5.69 Å². The van der Waals surface area contributed by atoms with Gasteiger partial charge in [-0.15, -0.1) is 0 Å². The Balaban J connectivity index is 0.00000585. The van der Waals surface area contributed by atoms with E-state index in [4.69, 9.17) is 45.8 Å². The molecule has 1 aromatic carbocycles. The fourth-order valence-corrected chi connectivity index (χ4v) is 8.01. The third-order valence-electron chi connectivity index (χ3n) is 9.77. The first-order valence-corrected chi connectivity index (χ1v) is 20.8. The smallest absolute Gasteiger partial charge is 0.476 e. The van der Waals surface area contributed by atoms with Crippen molar-refractivity contribution in [2.24, 2.45) is 0 Å². The van der Waals surface area contributed by atoms with E-state index in [1.807, 2.05) is 11.9 Å². The number of hydrogen-bond donors (Lipinski definition) is 6. The van der Waals surface area contributed by atoms with Gasteiger partial charge in [0.05, 0.1) is 37.4 Å². The number of unbranched alkanes of at least 4 members (excludes halogenated alkanes) is 1. The van der Waals surface area contributed by atoms with Crippen LogP contribution in [0.5, 0.6) is 5.88 Å². The Morgan fingerprint density at radius 2 is 1.68 bits per heavy atom. The minimum Gasteiger partial charge on any atom is -0.476 e. The second-order valence-corrected chi connectivity index (χ2v) is 16.4. The number of hydrogen-bond acceptors (Lipinski definition) is 20. The molecule has 6 heterocycles. The van der Waals surface area contributed by atoms with Crippen LogP contribution in [0.15, 0.2) is 43.2 Å². The number of aliphatic hydroxyl groups excluding tert-OH is 4. The molecule has 0 saturated carbocycles. The number of benzene rings is 1. The van der Waals surface area contributed by atoms with Crippen LogP contribution in [-0.2, 0) is 36.7 Å². The van der Waals surface area contributed by atoms with Crippen molar-refractivity contribution in [2.75, 3.05) is 44.0 Å². The monoisotopic (exact) mass is 870 g/mol. The SMILES string of the molecule is CCCCN(C)c1nc(OCCc2ccc([N+](=O)[O-])cc2)c2ncn([C@@H]3O[C@H](COP(O)(=S)O[C@@H]4[C@H](O)[C@@H](CO)O[C@H]4n4cnc5c(N)ncnc54)[C@@H](O)[C@H]3O)c2n1.[Na+]. The van der Waals surface area contributed by atoms with Crippen molar-refractivity contribution in [3.8, 4) is 5.88 Å². The molecule has 0 spiro atoms. The number of ether oxygens (including phenoxy) is 3. The van der Waals surface area contributed by atoms with Crippen molar-refractivity contribution < 1.29 is 83.1 Å². The number of nitro benzene ring substituents is 1. The molecule has 2 aliphatic heterocycles. The quantitative estimate of drug-likeness (QED) is 0.0244. The summed E-state index contributed by atoms with van der Waals surface area (Å²) in [5.41, 5.74) is 7.64. The summed E-state index contributed by atoms with van der Waals surface area (Å²) in [5, 5.41) is 54.2. The zero-order chi connectivity index (χ0) is 41.3. The number of nitrogens with zero attached hydrogens (tertiary/aromatic N) is 10. The van der Waals surface area contributed by atoms with Crippen molar-refractivity contribution in [2.45, 2.75) is 75.3 Å². The van der Waals surface area contributed by atoms with Crippen LogP contribution in [0.25, 0.3) is 22.3 Å². The largest absolute Gasteiger partial charge is 1.00 e. The van der Waals surface area contributed by atoms with Gasteiger partial charge >= 0.3 is 36.3 Å².